The maximum atomic E-state index is 12.2. The number of anilines is 2. The fourth-order valence-corrected chi connectivity index (χ4v) is 2.72. The van der Waals surface area contributed by atoms with Gasteiger partial charge in [-0.05, 0) is 61.1 Å². The van der Waals surface area contributed by atoms with Crippen LogP contribution in [0.25, 0.3) is 0 Å². The summed E-state index contributed by atoms with van der Waals surface area (Å²) >= 11 is 5.21. The molecule has 0 saturated heterocycles. The first-order valence-corrected chi connectivity index (χ1v) is 9.59. The molecule has 0 aliphatic carbocycles. The highest BCUT2D eigenvalue weighted by atomic mass is 32.1. The van der Waals surface area contributed by atoms with Gasteiger partial charge in [-0.15, -0.1) is 0 Å². The molecule has 0 spiro atoms. The Hall–Kier alpha value is -2.93. The third kappa shape index (κ3) is 7.00. The topological polar surface area (TPSA) is 79.5 Å². The van der Waals surface area contributed by atoms with Crippen molar-refractivity contribution in [3.05, 3.63) is 54.1 Å². The first-order chi connectivity index (χ1) is 13.5. The summed E-state index contributed by atoms with van der Waals surface area (Å²) in [4.78, 5) is 24.2. The lowest BCUT2D eigenvalue weighted by Crippen LogP contribution is -2.34. The molecule has 0 unspecified atom stereocenters. The van der Waals surface area contributed by atoms with E-state index >= 15 is 0 Å². The summed E-state index contributed by atoms with van der Waals surface area (Å²) in [7, 11) is 1.57. The molecule has 2 aromatic rings. The zero-order chi connectivity index (χ0) is 20.4. The minimum Gasteiger partial charge on any atom is -0.497 e. The van der Waals surface area contributed by atoms with E-state index in [0.29, 0.717) is 29.1 Å². The molecule has 2 aromatic carbocycles. The molecular weight excluding hydrogens is 374 g/mol. The standard InChI is InChI=1S/C21H25N3O3S/c1-3-4-5-9-19(25)22-16-7-6-8-17(14-16)23-21(28)24-20(26)15-10-12-18(27-2)13-11-15/h6-8,10-14H,3-5,9H2,1-2H3,(H,22,25)(H2,23,24,26,28). The SMILES string of the molecule is CCCCCC(=O)Nc1cccc(NC(=S)NC(=O)c2ccc(OC)cc2)c1. The fourth-order valence-electron chi connectivity index (χ4n) is 2.51. The summed E-state index contributed by atoms with van der Waals surface area (Å²) in [6.07, 6.45) is 3.49. The molecule has 0 saturated carbocycles. The Labute approximate surface area is 170 Å². The van der Waals surface area contributed by atoms with E-state index in [1.165, 1.54) is 0 Å². The van der Waals surface area contributed by atoms with Crippen LogP contribution in [0.2, 0.25) is 0 Å². The molecule has 0 aliphatic heterocycles. The van der Waals surface area contributed by atoms with E-state index in [4.69, 9.17) is 17.0 Å². The number of hydrogen-bond donors (Lipinski definition) is 3. The number of nitrogens with one attached hydrogen (secondary N) is 3. The molecule has 7 heteroatoms. The summed E-state index contributed by atoms with van der Waals surface area (Å²) in [5.74, 6) is 0.340. The first kappa shape index (κ1) is 21.4. The second-order valence-corrected chi connectivity index (χ2v) is 6.63. The van der Waals surface area contributed by atoms with Gasteiger partial charge in [-0.3, -0.25) is 14.9 Å². The number of unbranched alkanes of at least 4 members (excludes halogenated alkanes) is 2. The fraction of sp³-hybridized carbons (Fsp3) is 0.286. The third-order valence-electron chi connectivity index (χ3n) is 3.99. The molecule has 0 aliphatic rings. The lowest BCUT2D eigenvalue weighted by molar-refractivity contribution is -0.116. The normalized spacial score (nSPS) is 10.1. The smallest absolute Gasteiger partial charge is 0.257 e. The summed E-state index contributed by atoms with van der Waals surface area (Å²) in [5.41, 5.74) is 1.82. The van der Waals surface area contributed by atoms with Crippen molar-refractivity contribution in [2.24, 2.45) is 0 Å². The van der Waals surface area contributed by atoms with Crippen LogP contribution in [0.5, 0.6) is 5.75 Å². The minimum absolute atomic E-state index is 0.0130. The monoisotopic (exact) mass is 399 g/mol. The molecule has 0 bridgehead atoms. The van der Waals surface area contributed by atoms with Gasteiger partial charge in [-0.1, -0.05) is 25.8 Å². The van der Waals surface area contributed by atoms with Crippen LogP contribution < -0.4 is 20.7 Å². The first-order valence-electron chi connectivity index (χ1n) is 9.18. The van der Waals surface area contributed by atoms with Gasteiger partial charge in [-0.2, -0.15) is 0 Å². The quantitative estimate of drug-likeness (QED) is 0.454. The number of carbonyl (C=O) groups excluding carboxylic acids is 2. The van der Waals surface area contributed by atoms with Crippen LogP contribution in [0.1, 0.15) is 43.0 Å². The van der Waals surface area contributed by atoms with Crippen molar-refractivity contribution >= 4 is 40.5 Å². The molecule has 148 valence electrons. The van der Waals surface area contributed by atoms with Crippen LogP contribution in [0, 0.1) is 0 Å². The number of amides is 2. The lowest BCUT2D eigenvalue weighted by atomic mass is 10.2. The second kappa shape index (κ2) is 11.0. The number of methoxy groups -OCH3 is 1. The number of rotatable bonds is 8. The molecular formula is C21H25N3O3S. The lowest BCUT2D eigenvalue weighted by Gasteiger charge is -2.11. The van der Waals surface area contributed by atoms with E-state index in [-0.39, 0.29) is 16.9 Å². The largest absolute Gasteiger partial charge is 0.497 e. The van der Waals surface area contributed by atoms with Gasteiger partial charge in [0, 0.05) is 23.4 Å². The maximum Gasteiger partial charge on any atom is 0.257 e. The van der Waals surface area contributed by atoms with Crippen molar-refractivity contribution in [3.8, 4) is 5.75 Å². The average molecular weight is 400 g/mol. The number of benzene rings is 2. The Balaban J connectivity index is 1.89. The molecule has 2 amide bonds. The van der Waals surface area contributed by atoms with Crippen LogP contribution in [0.4, 0.5) is 11.4 Å². The summed E-state index contributed by atoms with van der Waals surface area (Å²) in [5, 5.41) is 8.63. The predicted octanol–water partition coefficient (Wildman–Crippen LogP) is 4.34. The van der Waals surface area contributed by atoms with Crippen LogP contribution >= 0.6 is 12.2 Å². The Morgan fingerprint density at radius 1 is 1.00 bits per heavy atom. The van der Waals surface area contributed by atoms with Gasteiger partial charge in [0.25, 0.3) is 5.91 Å². The van der Waals surface area contributed by atoms with Crippen molar-refractivity contribution in [1.82, 2.24) is 5.32 Å². The molecule has 0 radical (unpaired) electrons. The third-order valence-corrected chi connectivity index (χ3v) is 4.19. The van der Waals surface area contributed by atoms with Crippen LogP contribution in [0.15, 0.2) is 48.5 Å². The molecule has 2 rings (SSSR count). The second-order valence-electron chi connectivity index (χ2n) is 6.22. The summed E-state index contributed by atoms with van der Waals surface area (Å²) in [6.45, 7) is 2.10. The maximum absolute atomic E-state index is 12.2. The van der Waals surface area contributed by atoms with Gasteiger partial charge >= 0.3 is 0 Å². The minimum atomic E-state index is -0.319. The van der Waals surface area contributed by atoms with E-state index < -0.39 is 0 Å². The predicted molar refractivity (Wildman–Crippen MR) is 116 cm³/mol. The van der Waals surface area contributed by atoms with Gasteiger partial charge in [0.1, 0.15) is 5.75 Å². The Morgan fingerprint density at radius 3 is 2.32 bits per heavy atom. The highest BCUT2D eigenvalue weighted by Gasteiger charge is 2.09. The highest BCUT2D eigenvalue weighted by Crippen LogP contribution is 2.16. The summed E-state index contributed by atoms with van der Waals surface area (Å²) in [6, 6.07) is 13.9. The number of hydrogen-bond acceptors (Lipinski definition) is 4. The van der Waals surface area contributed by atoms with Crippen molar-refractivity contribution in [1.29, 1.82) is 0 Å². The van der Waals surface area contributed by atoms with Crippen molar-refractivity contribution < 1.29 is 14.3 Å². The van der Waals surface area contributed by atoms with E-state index in [0.717, 1.165) is 19.3 Å². The number of carbonyl (C=O) groups is 2. The van der Waals surface area contributed by atoms with Gasteiger partial charge < -0.3 is 15.4 Å². The van der Waals surface area contributed by atoms with E-state index in [9.17, 15) is 9.59 Å². The van der Waals surface area contributed by atoms with Crippen molar-refractivity contribution in [3.63, 3.8) is 0 Å². The van der Waals surface area contributed by atoms with Gasteiger partial charge in [0.15, 0.2) is 5.11 Å². The highest BCUT2D eigenvalue weighted by molar-refractivity contribution is 7.80. The Bertz CT molecular complexity index is 822. The molecule has 6 nitrogen and oxygen atoms in total. The van der Waals surface area contributed by atoms with Gasteiger partial charge in [0.05, 0.1) is 7.11 Å². The zero-order valence-corrected chi connectivity index (χ0v) is 16.9. The van der Waals surface area contributed by atoms with Crippen LogP contribution in [-0.2, 0) is 4.79 Å². The Kier molecular flexibility index (Phi) is 8.42. The molecule has 0 fully saturated rings. The van der Waals surface area contributed by atoms with Crippen LogP contribution in [-0.4, -0.2) is 24.0 Å². The molecule has 3 N–H and O–H groups in total. The van der Waals surface area contributed by atoms with Crippen LogP contribution in [0.3, 0.4) is 0 Å². The van der Waals surface area contributed by atoms with Gasteiger partial charge in [-0.25, -0.2) is 0 Å². The van der Waals surface area contributed by atoms with E-state index in [2.05, 4.69) is 22.9 Å². The summed E-state index contributed by atoms with van der Waals surface area (Å²) < 4.78 is 5.08. The van der Waals surface area contributed by atoms with E-state index in [1.807, 2.05) is 6.07 Å². The van der Waals surface area contributed by atoms with Crippen molar-refractivity contribution in [2.75, 3.05) is 17.7 Å². The van der Waals surface area contributed by atoms with Crippen molar-refractivity contribution in [2.45, 2.75) is 32.6 Å². The molecule has 0 atom stereocenters. The molecule has 0 aromatic heterocycles. The van der Waals surface area contributed by atoms with Gasteiger partial charge in [0.2, 0.25) is 5.91 Å². The number of ether oxygens (including phenoxy) is 1. The molecule has 0 heterocycles. The zero-order valence-electron chi connectivity index (χ0n) is 16.1. The molecule has 28 heavy (non-hydrogen) atoms. The Morgan fingerprint density at radius 2 is 1.68 bits per heavy atom. The average Bonchev–Trinajstić information content (AvgIpc) is 2.68. The number of thiocarbonyl (C=S) groups is 1. The van der Waals surface area contributed by atoms with E-state index in [1.54, 1.807) is 49.6 Å².